The van der Waals surface area contributed by atoms with Crippen LogP contribution in [0.15, 0.2) is 29.8 Å². The second-order valence-corrected chi connectivity index (χ2v) is 6.56. The number of ether oxygens (including phenoxy) is 2. The topological polar surface area (TPSA) is 68.0 Å². The zero-order valence-corrected chi connectivity index (χ0v) is 15.0. The third-order valence-corrected chi connectivity index (χ3v) is 4.16. The van der Waals surface area contributed by atoms with Gasteiger partial charge in [-0.3, -0.25) is 4.90 Å². The summed E-state index contributed by atoms with van der Waals surface area (Å²) in [5, 5.41) is 9.93. The molecule has 5 nitrogen and oxygen atoms in total. The van der Waals surface area contributed by atoms with Crippen molar-refractivity contribution in [2.45, 2.75) is 45.9 Å². The fraction of sp³-hybridized carbons (Fsp3) is 0.579. The first-order chi connectivity index (χ1) is 11.5. The predicted octanol–water partition coefficient (Wildman–Crippen LogP) is 2.32. The molecule has 0 aliphatic carbocycles. The highest BCUT2D eigenvalue weighted by Crippen LogP contribution is 2.29. The van der Waals surface area contributed by atoms with Crippen LogP contribution >= 0.6 is 0 Å². The van der Waals surface area contributed by atoms with E-state index in [1.165, 1.54) is 5.57 Å². The maximum atomic E-state index is 9.93. The van der Waals surface area contributed by atoms with Crippen LogP contribution in [0.5, 0.6) is 11.5 Å². The number of likely N-dealkylation sites (tertiary alicyclic amines) is 1. The Morgan fingerprint density at radius 1 is 1.33 bits per heavy atom. The van der Waals surface area contributed by atoms with Gasteiger partial charge in [0.25, 0.3) is 0 Å². The van der Waals surface area contributed by atoms with Gasteiger partial charge in [-0.25, -0.2) is 0 Å². The maximum absolute atomic E-state index is 9.93. The molecule has 1 aromatic rings. The van der Waals surface area contributed by atoms with Crippen molar-refractivity contribution >= 4 is 0 Å². The first-order valence-electron chi connectivity index (χ1n) is 8.67. The van der Waals surface area contributed by atoms with E-state index in [2.05, 4.69) is 24.8 Å². The molecule has 0 amide bonds. The Morgan fingerprint density at radius 3 is 2.79 bits per heavy atom. The third kappa shape index (κ3) is 5.51. The molecule has 3 N–H and O–H groups in total. The van der Waals surface area contributed by atoms with Crippen molar-refractivity contribution < 1.29 is 14.6 Å². The molecule has 24 heavy (non-hydrogen) atoms. The molecule has 0 spiro atoms. The summed E-state index contributed by atoms with van der Waals surface area (Å²) < 4.78 is 11.5. The highest BCUT2D eigenvalue weighted by atomic mass is 16.5. The first-order valence-corrected chi connectivity index (χ1v) is 8.67. The Hall–Kier alpha value is -1.56. The van der Waals surface area contributed by atoms with Crippen molar-refractivity contribution in [2.75, 3.05) is 26.3 Å². The number of aliphatic hydroxyl groups is 1. The lowest BCUT2D eigenvalue weighted by molar-refractivity contribution is 0.0499. The molecule has 2 rings (SSSR count). The smallest absolute Gasteiger partial charge is 0.161 e. The van der Waals surface area contributed by atoms with Crippen LogP contribution in [-0.4, -0.2) is 48.5 Å². The largest absolute Gasteiger partial charge is 0.490 e. The summed E-state index contributed by atoms with van der Waals surface area (Å²) in [6.07, 6.45) is 2.42. The average molecular weight is 334 g/mol. The van der Waals surface area contributed by atoms with Crippen LogP contribution in [0.3, 0.4) is 0 Å². The SMILES string of the molecule is CCOc1cc(CN2CC[C@@H](N)[C@H](O)C2)ccc1OCC=C(C)C. The van der Waals surface area contributed by atoms with Crippen molar-refractivity contribution in [1.29, 1.82) is 0 Å². The van der Waals surface area contributed by atoms with Gasteiger partial charge in [0.05, 0.1) is 12.7 Å². The lowest BCUT2D eigenvalue weighted by Crippen LogP contribution is -2.50. The minimum Gasteiger partial charge on any atom is -0.490 e. The summed E-state index contributed by atoms with van der Waals surface area (Å²) in [7, 11) is 0. The lowest BCUT2D eigenvalue weighted by Gasteiger charge is -2.34. The Morgan fingerprint density at radius 2 is 2.12 bits per heavy atom. The van der Waals surface area contributed by atoms with Gasteiger partial charge in [-0.1, -0.05) is 11.6 Å². The molecule has 0 unspecified atom stereocenters. The number of hydrogen-bond donors (Lipinski definition) is 2. The van der Waals surface area contributed by atoms with Crippen molar-refractivity contribution in [3.8, 4) is 11.5 Å². The molecule has 5 heteroatoms. The average Bonchev–Trinajstić information content (AvgIpc) is 2.53. The molecule has 1 saturated heterocycles. The summed E-state index contributed by atoms with van der Waals surface area (Å²) in [6.45, 7) is 9.50. The van der Waals surface area contributed by atoms with E-state index in [4.69, 9.17) is 15.2 Å². The summed E-state index contributed by atoms with van der Waals surface area (Å²) in [5.41, 5.74) is 8.24. The van der Waals surface area contributed by atoms with Crippen molar-refractivity contribution in [3.05, 3.63) is 35.4 Å². The lowest BCUT2D eigenvalue weighted by atomic mass is 10.0. The van der Waals surface area contributed by atoms with Crippen LogP contribution in [0.4, 0.5) is 0 Å². The second-order valence-electron chi connectivity index (χ2n) is 6.56. The van der Waals surface area contributed by atoms with Gasteiger partial charge in [-0.2, -0.15) is 0 Å². The molecule has 1 fully saturated rings. The number of allylic oxidation sites excluding steroid dienone is 1. The van der Waals surface area contributed by atoms with Crippen LogP contribution in [0, 0.1) is 0 Å². The van der Waals surface area contributed by atoms with Gasteiger partial charge in [0.1, 0.15) is 6.61 Å². The Balaban J connectivity index is 2.03. The number of piperidine rings is 1. The normalized spacial score (nSPS) is 21.4. The van der Waals surface area contributed by atoms with E-state index in [1.54, 1.807) is 0 Å². The highest BCUT2D eigenvalue weighted by Gasteiger charge is 2.24. The van der Waals surface area contributed by atoms with Gasteiger partial charge in [-0.05, 0) is 51.0 Å². The molecule has 134 valence electrons. The van der Waals surface area contributed by atoms with Gasteiger partial charge in [0.15, 0.2) is 11.5 Å². The zero-order valence-electron chi connectivity index (χ0n) is 15.0. The molecule has 1 aromatic carbocycles. The molecule has 2 atom stereocenters. The minimum absolute atomic E-state index is 0.105. The first kappa shape index (κ1) is 18.8. The van der Waals surface area contributed by atoms with Crippen LogP contribution < -0.4 is 15.2 Å². The second kappa shape index (κ2) is 9.06. The number of benzene rings is 1. The van der Waals surface area contributed by atoms with E-state index in [9.17, 15) is 5.11 Å². The molecule has 0 bridgehead atoms. The zero-order chi connectivity index (χ0) is 17.5. The van der Waals surface area contributed by atoms with Gasteiger partial charge in [-0.15, -0.1) is 0 Å². The fourth-order valence-electron chi connectivity index (χ4n) is 2.75. The maximum Gasteiger partial charge on any atom is 0.161 e. The number of nitrogens with two attached hydrogens (primary N) is 1. The molecular formula is C19H30N2O3. The monoisotopic (exact) mass is 334 g/mol. The highest BCUT2D eigenvalue weighted by molar-refractivity contribution is 5.43. The van der Waals surface area contributed by atoms with E-state index < -0.39 is 6.10 Å². The van der Waals surface area contributed by atoms with Crippen molar-refractivity contribution in [1.82, 2.24) is 4.90 Å². The molecule has 1 aliphatic rings. The molecule has 0 saturated carbocycles. The molecular weight excluding hydrogens is 304 g/mol. The van der Waals surface area contributed by atoms with Crippen LogP contribution in [0.25, 0.3) is 0 Å². The Kier molecular flexibility index (Phi) is 7.09. The Labute approximate surface area is 145 Å². The summed E-state index contributed by atoms with van der Waals surface area (Å²) in [6, 6.07) is 5.94. The molecule has 1 aliphatic heterocycles. The van der Waals surface area contributed by atoms with E-state index in [0.29, 0.717) is 19.8 Å². The number of aliphatic hydroxyl groups excluding tert-OH is 1. The van der Waals surface area contributed by atoms with Crippen molar-refractivity contribution in [2.24, 2.45) is 5.73 Å². The van der Waals surface area contributed by atoms with E-state index in [1.807, 2.05) is 25.1 Å². The Bertz CT molecular complexity index is 556. The number of nitrogens with zero attached hydrogens (tertiary/aromatic N) is 1. The summed E-state index contributed by atoms with van der Waals surface area (Å²) in [5.74, 6) is 1.53. The summed E-state index contributed by atoms with van der Waals surface area (Å²) >= 11 is 0. The predicted molar refractivity (Wildman–Crippen MR) is 96.4 cm³/mol. The molecule has 0 radical (unpaired) electrons. The number of hydrogen-bond acceptors (Lipinski definition) is 5. The van der Waals surface area contributed by atoms with Crippen LogP contribution in [0.1, 0.15) is 32.8 Å². The van der Waals surface area contributed by atoms with E-state index >= 15 is 0 Å². The van der Waals surface area contributed by atoms with Gasteiger partial charge in [0.2, 0.25) is 0 Å². The van der Waals surface area contributed by atoms with Crippen LogP contribution in [0.2, 0.25) is 0 Å². The van der Waals surface area contributed by atoms with Crippen LogP contribution in [-0.2, 0) is 6.54 Å². The molecule has 0 aromatic heterocycles. The van der Waals surface area contributed by atoms with Gasteiger partial charge >= 0.3 is 0 Å². The molecule has 1 heterocycles. The van der Waals surface area contributed by atoms with Crippen molar-refractivity contribution in [3.63, 3.8) is 0 Å². The summed E-state index contributed by atoms with van der Waals surface area (Å²) in [4.78, 5) is 2.22. The van der Waals surface area contributed by atoms with Gasteiger partial charge in [0, 0.05) is 25.7 Å². The number of rotatable bonds is 7. The quantitative estimate of drug-likeness (QED) is 0.749. The fourth-order valence-corrected chi connectivity index (χ4v) is 2.75. The number of β-amino-alcohol motifs (C(OH)–C–C–N with tert-alkyl or cyclic N) is 1. The van der Waals surface area contributed by atoms with Gasteiger partial charge < -0.3 is 20.3 Å². The van der Waals surface area contributed by atoms with E-state index in [0.717, 1.165) is 36.6 Å². The third-order valence-electron chi connectivity index (χ3n) is 4.16. The minimum atomic E-state index is -0.447. The van der Waals surface area contributed by atoms with E-state index in [-0.39, 0.29) is 6.04 Å². The standard InChI is InChI=1S/C19H30N2O3/c1-4-23-19-11-15(5-6-18(19)24-10-8-14(2)3)12-21-9-7-16(20)17(22)13-21/h5-6,8,11,16-17,22H,4,7,9-10,12-13,20H2,1-3H3/t16-,17-/m1/s1.